The van der Waals surface area contributed by atoms with Crippen LogP contribution in [0.15, 0.2) is 12.2 Å². The third-order valence-electron chi connectivity index (χ3n) is 2.79. The topological polar surface area (TPSA) is 50.1 Å². The first kappa shape index (κ1) is 16.7. The summed E-state index contributed by atoms with van der Waals surface area (Å²) in [4.78, 5) is 11.1. The highest BCUT2D eigenvalue weighted by molar-refractivity contribution is 5.91. The fourth-order valence-corrected chi connectivity index (χ4v) is 1.66. The molecule has 0 aromatic carbocycles. The molecule has 3 nitrogen and oxygen atoms in total. The fraction of sp³-hybridized carbons (Fsp3) is 0.733. The van der Waals surface area contributed by atoms with Crippen LogP contribution in [0.3, 0.4) is 0 Å². The third-order valence-corrected chi connectivity index (χ3v) is 2.79. The lowest BCUT2D eigenvalue weighted by molar-refractivity contribution is -0.138. The zero-order valence-electron chi connectivity index (χ0n) is 11.7. The van der Waals surface area contributed by atoms with Crippen molar-refractivity contribution in [2.24, 2.45) is 5.92 Å². The van der Waals surface area contributed by atoms with Gasteiger partial charge in [-0.3, -0.25) is 0 Å². The zero-order valence-corrected chi connectivity index (χ0v) is 11.7. The Labute approximate surface area is 111 Å². The summed E-state index contributed by atoms with van der Waals surface area (Å²) in [6.07, 6.45) is 8.31. The van der Waals surface area contributed by atoms with Gasteiger partial charge in [0.2, 0.25) is 0 Å². The molecule has 0 rings (SSSR count). The van der Waals surface area contributed by atoms with Crippen molar-refractivity contribution in [3.8, 4) is 6.07 Å². The largest absolute Gasteiger partial charge is 0.462 e. The molecule has 102 valence electrons. The van der Waals surface area contributed by atoms with Gasteiger partial charge in [0.05, 0.1) is 6.61 Å². The Morgan fingerprint density at radius 1 is 1.17 bits per heavy atom. The van der Waals surface area contributed by atoms with Crippen LogP contribution in [0.2, 0.25) is 0 Å². The van der Waals surface area contributed by atoms with Crippen LogP contribution in [0.4, 0.5) is 0 Å². The number of rotatable bonds is 10. The summed E-state index contributed by atoms with van der Waals surface area (Å²) in [5, 5.41) is 8.42. The summed E-state index contributed by atoms with van der Waals surface area (Å²) in [7, 11) is 0. The Morgan fingerprint density at radius 3 is 2.28 bits per heavy atom. The molecule has 0 atom stereocenters. The molecule has 0 aromatic heterocycles. The van der Waals surface area contributed by atoms with Crippen molar-refractivity contribution in [3.63, 3.8) is 0 Å². The van der Waals surface area contributed by atoms with E-state index >= 15 is 0 Å². The SMILES string of the molecule is C=C(C#N)C(=O)OCCCCCCCCC(C)C. The van der Waals surface area contributed by atoms with Gasteiger partial charge in [0.1, 0.15) is 11.6 Å². The van der Waals surface area contributed by atoms with Gasteiger partial charge < -0.3 is 4.74 Å². The summed E-state index contributed by atoms with van der Waals surface area (Å²) in [6.45, 7) is 8.20. The first-order valence-corrected chi connectivity index (χ1v) is 6.84. The van der Waals surface area contributed by atoms with Gasteiger partial charge in [-0.15, -0.1) is 0 Å². The lowest BCUT2D eigenvalue weighted by Gasteiger charge is -2.05. The highest BCUT2D eigenvalue weighted by Crippen LogP contribution is 2.11. The van der Waals surface area contributed by atoms with Gasteiger partial charge in [-0.1, -0.05) is 59.0 Å². The van der Waals surface area contributed by atoms with E-state index in [9.17, 15) is 4.79 Å². The predicted octanol–water partition coefficient (Wildman–Crippen LogP) is 4.00. The number of nitriles is 1. The van der Waals surface area contributed by atoms with Gasteiger partial charge in [-0.2, -0.15) is 5.26 Å². The molecule has 3 heteroatoms. The van der Waals surface area contributed by atoms with Crippen LogP contribution in [0.25, 0.3) is 0 Å². The van der Waals surface area contributed by atoms with Crippen LogP contribution in [0.1, 0.15) is 58.8 Å². The van der Waals surface area contributed by atoms with Gasteiger partial charge in [0.25, 0.3) is 0 Å². The van der Waals surface area contributed by atoms with Gasteiger partial charge in [-0.25, -0.2) is 4.79 Å². The van der Waals surface area contributed by atoms with E-state index in [-0.39, 0.29) is 5.57 Å². The average molecular weight is 251 g/mol. The molecular weight excluding hydrogens is 226 g/mol. The van der Waals surface area contributed by atoms with Crippen molar-refractivity contribution >= 4 is 5.97 Å². The van der Waals surface area contributed by atoms with Crippen molar-refractivity contribution in [3.05, 3.63) is 12.2 Å². The van der Waals surface area contributed by atoms with Gasteiger partial charge in [0, 0.05) is 0 Å². The van der Waals surface area contributed by atoms with E-state index in [2.05, 4.69) is 20.4 Å². The number of hydrogen-bond acceptors (Lipinski definition) is 3. The van der Waals surface area contributed by atoms with Crippen molar-refractivity contribution in [1.29, 1.82) is 5.26 Å². The lowest BCUT2D eigenvalue weighted by Crippen LogP contribution is -2.06. The molecule has 0 aromatic rings. The van der Waals surface area contributed by atoms with E-state index in [1.165, 1.54) is 32.1 Å². The molecule has 0 fully saturated rings. The number of esters is 1. The zero-order chi connectivity index (χ0) is 13.8. The number of nitrogens with zero attached hydrogens (tertiary/aromatic N) is 1. The Bertz CT molecular complexity index is 289. The number of carbonyl (C=O) groups is 1. The van der Waals surface area contributed by atoms with Crippen LogP contribution in [-0.2, 0) is 9.53 Å². The van der Waals surface area contributed by atoms with E-state index in [1.807, 2.05) is 0 Å². The molecule has 0 saturated carbocycles. The number of hydrogen-bond donors (Lipinski definition) is 0. The van der Waals surface area contributed by atoms with Crippen LogP contribution in [0, 0.1) is 17.2 Å². The molecule has 0 unspecified atom stereocenters. The molecule has 0 bridgehead atoms. The van der Waals surface area contributed by atoms with Gasteiger partial charge in [0.15, 0.2) is 0 Å². The average Bonchev–Trinajstić information content (AvgIpc) is 2.35. The maximum absolute atomic E-state index is 11.1. The monoisotopic (exact) mass is 251 g/mol. The number of unbranched alkanes of at least 4 members (excludes halogenated alkanes) is 5. The van der Waals surface area contributed by atoms with Crippen molar-refractivity contribution in [2.75, 3.05) is 6.61 Å². The molecular formula is C15H25NO2. The van der Waals surface area contributed by atoms with Gasteiger partial charge >= 0.3 is 5.97 Å². The minimum Gasteiger partial charge on any atom is -0.462 e. The minimum absolute atomic E-state index is 0.122. The van der Waals surface area contributed by atoms with E-state index in [1.54, 1.807) is 6.07 Å². The second-order valence-corrected chi connectivity index (χ2v) is 5.03. The second kappa shape index (κ2) is 10.8. The van der Waals surface area contributed by atoms with Crippen LogP contribution in [0.5, 0.6) is 0 Å². The third kappa shape index (κ3) is 9.89. The van der Waals surface area contributed by atoms with E-state index in [0.717, 1.165) is 18.8 Å². The molecule has 0 N–H and O–H groups in total. The molecule has 0 aliphatic rings. The van der Waals surface area contributed by atoms with Gasteiger partial charge in [-0.05, 0) is 12.3 Å². The molecule has 0 radical (unpaired) electrons. The fourth-order valence-electron chi connectivity index (χ4n) is 1.66. The van der Waals surface area contributed by atoms with Crippen molar-refractivity contribution in [2.45, 2.75) is 58.8 Å². The first-order chi connectivity index (χ1) is 8.57. The highest BCUT2D eigenvalue weighted by atomic mass is 16.5. The second-order valence-electron chi connectivity index (χ2n) is 5.03. The highest BCUT2D eigenvalue weighted by Gasteiger charge is 2.06. The maximum atomic E-state index is 11.1. The Hall–Kier alpha value is -1.30. The van der Waals surface area contributed by atoms with E-state index in [0.29, 0.717) is 6.61 Å². The van der Waals surface area contributed by atoms with Crippen molar-refractivity contribution < 1.29 is 9.53 Å². The molecule has 18 heavy (non-hydrogen) atoms. The normalized spacial score (nSPS) is 10.1. The number of carbonyl (C=O) groups excluding carboxylic acids is 1. The molecule has 0 heterocycles. The molecule has 0 saturated heterocycles. The first-order valence-electron chi connectivity index (χ1n) is 6.84. The molecule has 0 amide bonds. The summed E-state index contributed by atoms with van der Waals surface area (Å²) in [5.74, 6) is 0.215. The standard InChI is InChI=1S/C15H25NO2/c1-13(2)10-8-6-4-5-7-9-11-18-15(17)14(3)12-16/h13H,3-11H2,1-2H3. The number of ether oxygens (including phenoxy) is 1. The van der Waals surface area contributed by atoms with Crippen molar-refractivity contribution in [1.82, 2.24) is 0 Å². The predicted molar refractivity (Wildman–Crippen MR) is 72.9 cm³/mol. The Balaban J connectivity index is 3.24. The van der Waals surface area contributed by atoms with E-state index in [4.69, 9.17) is 10.00 Å². The molecule has 0 spiro atoms. The maximum Gasteiger partial charge on any atom is 0.348 e. The van der Waals surface area contributed by atoms with Crippen LogP contribution in [-0.4, -0.2) is 12.6 Å². The smallest absolute Gasteiger partial charge is 0.348 e. The summed E-state index contributed by atoms with van der Waals surface area (Å²) in [5.41, 5.74) is -0.122. The molecule has 0 aliphatic heterocycles. The molecule has 0 aliphatic carbocycles. The Morgan fingerprint density at radius 2 is 1.72 bits per heavy atom. The summed E-state index contributed by atoms with van der Waals surface area (Å²) < 4.78 is 4.89. The van der Waals surface area contributed by atoms with Crippen LogP contribution >= 0.6 is 0 Å². The quantitative estimate of drug-likeness (QED) is 0.255. The Kier molecular flexibility index (Phi) is 10.0. The minimum atomic E-state index is -0.588. The van der Waals surface area contributed by atoms with Crippen LogP contribution < -0.4 is 0 Å². The summed E-state index contributed by atoms with van der Waals surface area (Å²) >= 11 is 0. The van der Waals surface area contributed by atoms with E-state index < -0.39 is 5.97 Å². The summed E-state index contributed by atoms with van der Waals surface area (Å²) in [6, 6.07) is 1.68. The lowest BCUT2D eigenvalue weighted by atomic mass is 10.0.